The zero-order valence-corrected chi connectivity index (χ0v) is 20.1. The number of imidazole rings is 1. The lowest BCUT2D eigenvalue weighted by Crippen LogP contribution is -1.97. The highest BCUT2D eigenvalue weighted by molar-refractivity contribution is 7.90. The van der Waals surface area contributed by atoms with E-state index >= 15 is 0 Å². The van der Waals surface area contributed by atoms with E-state index in [1.54, 1.807) is 22.8 Å². The molecule has 9 heteroatoms. The van der Waals surface area contributed by atoms with Gasteiger partial charge in [0.05, 0.1) is 4.90 Å². The van der Waals surface area contributed by atoms with Crippen LogP contribution in [0.2, 0.25) is 0 Å². The Hall–Kier alpha value is -3.82. The van der Waals surface area contributed by atoms with Crippen LogP contribution in [0.25, 0.3) is 39.7 Å². The number of aromatic amines is 1. The van der Waals surface area contributed by atoms with Gasteiger partial charge in [-0.3, -0.25) is 9.67 Å². The van der Waals surface area contributed by atoms with Crippen molar-refractivity contribution in [2.75, 3.05) is 6.26 Å². The van der Waals surface area contributed by atoms with Gasteiger partial charge in [0.15, 0.2) is 20.4 Å². The van der Waals surface area contributed by atoms with E-state index < -0.39 is 9.84 Å². The Bertz CT molecular complexity index is 1650. The molecule has 5 aromatic rings. The maximum absolute atomic E-state index is 11.9. The summed E-state index contributed by atoms with van der Waals surface area (Å²) in [6.45, 7) is 0. The molecule has 0 saturated heterocycles. The lowest BCUT2D eigenvalue weighted by molar-refractivity contribution is 0.602. The smallest absolute Gasteiger partial charge is 0.195 e. The number of hydrogen-bond donors (Lipinski definition) is 1. The summed E-state index contributed by atoms with van der Waals surface area (Å²) in [6, 6.07) is 24.8. The molecule has 0 radical (unpaired) electrons. The fraction of sp³-hybridized carbons (Fsp3) is 0.0800. The summed E-state index contributed by atoms with van der Waals surface area (Å²) in [4.78, 5) is 5.17. The summed E-state index contributed by atoms with van der Waals surface area (Å²) in [5.74, 6) is 1.42. The molecule has 170 valence electrons. The molecule has 0 amide bonds. The van der Waals surface area contributed by atoms with Crippen molar-refractivity contribution in [1.82, 2.24) is 24.3 Å². The lowest BCUT2D eigenvalue weighted by Gasteiger charge is -2.10. The molecule has 3 aromatic carbocycles. The molecule has 2 aromatic heterocycles. The molecule has 7 nitrogen and oxygen atoms in total. The third-order valence-electron chi connectivity index (χ3n) is 5.59. The molecule has 0 atom stereocenters. The van der Waals surface area contributed by atoms with Gasteiger partial charge < -0.3 is 4.57 Å². The van der Waals surface area contributed by atoms with E-state index in [0.29, 0.717) is 21.2 Å². The molecule has 0 bridgehead atoms. The summed E-state index contributed by atoms with van der Waals surface area (Å²) in [6.07, 6.45) is 3.15. The average molecular weight is 488 g/mol. The molecule has 0 aliphatic carbocycles. The third-order valence-corrected chi connectivity index (χ3v) is 7.06. The minimum Gasteiger partial charge on any atom is -0.302 e. The van der Waals surface area contributed by atoms with Crippen molar-refractivity contribution in [1.29, 1.82) is 0 Å². The Kier molecular flexibility index (Phi) is 5.51. The van der Waals surface area contributed by atoms with Gasteiger partial charge in [0.2, 0.25) is 0 Å². The Morgan fingerprint density at radius 1 is 0.853 bits per heavy atom. The third kappa shape index (κ3) is 4.11. The van der Waals surface area contributed by atoms with Crippen LogP contribution >= 0.6 is 12.2 Å². The lowest BCUT2D eigenvalue weighted by atomic mass is 10.1. The van der Waals surface area contributed by atoms with E-state index in [9.17, 15) is 8.42 Å². The van der Waals surface area contributed by atoms with Crippen LogP contribution in [0, 0.1) is 4.77 Å². The van der Waals surface area contributed by atoms with Gasteiger partial charge in [0.25, 0.3) is 0 Å². The van der Waals surface area contributed by atoms with Crippen LogP contribution in [0.4, 0.5) is 0 Å². The predicted octanol–water partition coefficient (Wildman–Crippen LogP) is 5.07. The van der Waals surface area contributed by atoms with E-state index in [2.05, 4.69) is 10.2 Å². The second-order valence-corrected chi connectivity index (χ2v) is 10.3. The van der Waals surface area contributed by atoms with E-state index in [0.717, 1.165) is 28.2 Å². The molecule has 5 rings (SSSR count). The van der Waals surface area contributed by atoms with Gasteiger partial charge in [-0.2, -0.15) is 5.10 Å². The van der Waals surface area contributed by atoms with Gasteiger partial charge in [-0.05, 0) is 47.6 Å². The topological polar surface area (TPSA) is 85.6 Å². The summed E-state index contributed by atoms with van der Waals surface area (Å²) in [5, 5.41) is 7.14. The SMILES string of the molecule is Cn1c(-c2cn(-c3ccc(-c4cccc(S(C)(=O)=O)c4)cc3)c(-c3ccccc3)n2)n[nH]c1=S. The maximum Gasteiger partial charge on any atom is 0.195 e. The van der Waals surface area contributed by atoms with Gasteiger partial charge in [0, 0.05) is 30.8 Å². The van der Waals surface area contributed by atoms with Crippen LogP contribution in [0.1, 0.15) is 0 Å². The first kappa shape index (κ1) is 22.0. The predicted molar refractivity (Wildman–Crippen MR) is 135 cm³/mol. The molecule has 34 heavy (non-hydrogen) atoms. The number of rotatable bonds is 5. The monoisotopic (exact) mass is 487 g/mol. The van der Waals surface area contributed by atoms with E-state index in [4.69, 9.17) is 17.2 Å². The van der Waals surface area contributed by atoms with E-state index in [-0.39, 0.29) is 0 Å². The van der Waals surface area contributed by atoms with Gasteiger partial charge in [-0.15, -0.1) is 0 Å². The summed E-state index contributed by atoms with van der Waals surface area (Å²) < 4.78 is 28.2. The number of H-pyrrole nitrogens is 1. The van der Waals surface area contributed by atoms with Crippen LogP contribution < -0.4 is 0 Å². The van der Waals surface area contributed by atoms with Crippen molar-refractivity contribution in [2.24, 2.45) is 7.05 Å². The van der Waals surface area contributed by atoms with Gasteiger partial charge >= 0.3 is 0 Å². The van der Waals surface area contributed by atoms with Gasteiger partial charge in [-0.25, -0.2) is 13.4 Å². The number of nitrogens with one attached hydrogen (secondary N) is 1. The first-order chi connectivity index (χ1) is 16.3. The quantitative estimate of drug-likeness (QED) is 0.350. The molecule has 0 spiro atoms. The Morgan fingerprint density at radius 3 is 2.21 bits per heavy atom. The highest BCUT2D eigenvalue weighted by atomic mass is 32.2. The first-order valence-electron chi connectivity index (χ1n) is 10.5. The summed E-state index contributed by atoms with van der Waals surface area (Å²) in [5.41, 5.74) is 4.34. The van der Waals surface area contributed by atoms with Crippen molar-refractivity contribution in [3.63, 3.8) is 0 Å². The second kappa shape index (κ2) is 8.51. The highest BCUT2D eigenvalue weighted by Gasteiger charge is 2.17. The average Bonchev–Trinajstić information content (AvgIpc) is 3.43. The molecule has 0 aliphatic rings. The summed E-state index contributed by atoms with van der Waals surface area (Å²) >= 11 is 5.27. The maximum atomic E-state index is 11.9. The van der Waals surface area contributed by atoms with Crippen LogP contribution in [0.5, 0.6) is 0 Å². The van der Waals surface area contributed by atoms with Crippen LogP contribution in [0.15, 0.2) is 90.0 Å². The number of hydrogen-bond acceptors (Lipinski definition) is 5. The highest BCUT2D eigenvalue weighted by Crippen LogP contribution is 2.29. The molecule has 2 heterocycles. The van der Waals surface area contributed by atoms with E-state index in [1.165, 1.54) is 6.26 Å². The van der Waals surface area contributed by atoms with Crippen molar-refractivity contribution >= 4 is 22.1 Å². The first-order valence-corrected chi connectivity index (χ1v) is 12.8. The summed E-state index contributed by atoms with van der Waals surface area (Å²) in [7, 11) is -1.43. The molecule has 1 N–H and O–H groups in total. The number of benzene rings is 3. The van der Waals surface area contributed by atoms with Crippen molar-refractivity contribution < 1.29 is 8.42 Å². The van der Waals surface area contributed by atoms with Crippen LogP contribution in [-0.4, -0.2) is 39.0 Å². The largest absolute Gasteiger partial charge is 0.302 e. The van der Waals surface area contributed by atoms with Crippen molar-refractivity contribution in [3.05, 3.63) is 89.8 Å². The standard InChI is InChI=1S/C25H21N5O2S2/c1-29-24(27-28-25(29)33)22-16-30(23(26-22)18-7-4-3-5-8-18)20-13-11-17(12-14-20)19-9-6-10-21(15-19)34(2,31)32/h3-16H,1-2H3,(H,28,33). The normalized spacial score (nSPS) is 11.6. The number of aromatic nitrogens is 5. The van der Waals surface area contributed by atoms with Gasteiger partial charge in [0.1, 0.15) is 11.5 Å². The van der Waals surface area contributed by atoms with Crippen molar-refractivity contribution in [2.45, 2.75) is 4.90 Å². The molecule has 0 saturated carbocycles. The fourth-order valence-corrected chi connectivity index (χ4v) is 4.57. The van der Waals surface area contributed by atoms with Crippen molar-refractivity contribution in [3.8, 4) is 39.7 Å². The molecule has 0 aliphatic heterocycles. The molecular weight excluding hydrogens is 466 g/mol. The number of sulfone groups is 1. The Balaban J connectivity index is 1.60. The zero-order valence-electron chi connectivity index (χ0n) is 18.5. The zero-order chi connectivity index (χ0) is 23.9. The van der Waals surface area contributed by atoms with Crippen LogP contribution in [0.3, 0.4) is 0 Å². The minimum atomic E-state index is -3.28. The fourth-order valence-electron chi connectivity index (χ4n) is 3.77. The Morgan fingerprint density at radius 2 is 1.56 bits per heavy atom. The van der Waals surface area contributed by atoms with Gasteiger partial charge in [-0.1, -0.05) is 54.6 Å². The minimum absolute atomic E-state index is 0.299. The van der Waals surface area contributed by atoms with E-state index in [1.807, 2.05) is 78.5 Å². The molecular formula is C25H21N5O2S2. The van der Waals surface area contributed by atoms with Crippen LogP contribution in [-0.2, 0) is 16.9 Å². The molecule has 0 fully saturated rings. The second-order valence-electron chi connectivity index (χ2n) is 7.94. The number of nitrogens with zero attached hydrogens (tertiary/aromatic N) is 4. The Labute approximate surface area is 202 Å². The molecule has 0 unspecified atom stereocenters.